The van der Waals surface area contributed by atoms with Crippen molar-refractivity contribution in [3.8, 4) is 0 Å². The van der Waals surface area contributed by atoms with Gasteiger partial charge in [-0.15, -0.1) is 11.3 Å². The van der Waals surface area contributed by atoms with Gasteiger partial charge < -0.3 is 14.7 Å². The molecule has 0 N–H and O–H groups in total. The Morgan fingerprint density at radius 3 is 1.65 bits per heavy atom. The normalized spacial score (nSPS) is 17.6. The summed E-state index contributed by atoms with van der Waals surface area (Å²) in [6, 6.07) is 61.8. The van der Waals surface area contributed by atoms with Crippen LogP contribution in [0.25, 0.3) is 20.9 Å². The van der Waals surface area contributed by atoms with Crippen molar-refractivity contribution < 1.29 is 0 Å². The van der Waals surface area contributed by atoms with E-state index in [0.717, 1.165) is 23.5 Å². The van der Waals surface area contributed by atoms with Gasteiger partial charge in [0.05, 0.1) is 11.4 Å². The van der Waals surface area contributed by atoms with Gasteiger partial charge in [0.1, 0.15) is 0 Å². The van der Waals surface area contributed by atoms with Crippen molar-refractivity contribution in [2.75, 3.05) is 14.7 Å². The van der Waals surface area contributed by atoms with Crippen LogP contribution in [-0.2, 0) is 32.5 Å². The predicted octanol–water partition coefficient (Wildman–Crippen LogP) is 18.9. The lowest BCUT2D eigenvalue weighted by molar-refractivity contribution is 0.332. The van der Waals surface area contributed by atoms with Crippen LogP contribution in [0.2, 0.25) is 0 Å². The van der Waals surface area contributed by atoms with Crippen LogP contribution in [0.3, 0.4) is 0 Å². The third-order valence-electron chi connectivity index (χ3n) is 18.8. The summed E-state index contributed by atoms with van der Waals surface area (Å²) in [6.45, 7) is 33.9. The molecule has 9 aromatic rings. The second-order valence-electron chi connectivity index (χ2n) is 28.0. The Hall–Kier alpha value is -6.56. The van der Waals surface area contributed by atoms with Crippen molar-refractivity contribution in [3.05, 3.63) is 191 Å². The molecule has 5 heteroatoms. The lowest BCUT2D eigenvalue weighted by Gasteiger charge is -2.45. The van der Waals surface area contributed by atoms with Crippen LogP contribution in [0.1, 0.15) is 156 Å². The van der Waals surface area contributed by atoms with Gasteiger partial charge in [-0.1, -0.05) is 176 Å². The summed E-state index contributed by atoms with van der Waals surface area (Å²) < 4.78 is 2.82. The zero-order valence-corrected chi connectivity index (χ0v) is 49.0. The Morgan fingerprint density at radius 2 is 1.00 bits per heavy atom. The number of nitrogens with zero attached hydrogens (tertiary/aromatic N) is 3. The van der Waals surface area contributed by atoms with Crippen LogP contribution < -0.4 is 30.4 Å². The fraction of sp³-hybridized carbons (Fsp3) is 0.333. The Labute approximate surface area is 464 Å². The van der Waals surface area contributed by atoms with Crippen molar-refractivity contribution in [1.29, 1.82) is 0 Å². The maximum absolute atomic E-state index is 2.75. The highest BCUT2D eigenvalue weighted by Crippen LogP contribution is 2.55. The summed E-state index contributed by atoms with van der Waals surface area (Å²) in [4.78, 5) is 7.88. The van der Waals surface area contributed by atoms with E-state index in [0.29, 0.717) is 0 Å². The molecule has 77 heavy (non-hydrogen) atoms. The van der Waals surface area contributed by atoms with E-state index >= 15 is 0 Å². The smallest absolute Gasteiger partial charge is 0.264 e. The van der Waals surface area contributed by atoms with Crippen LogP contribution >= 0.6 is 11.3 Å². The molecule has 0 unspecified atom stereocenters. The summed E-state index contributed by atoms with van der Waals surface area (Å²) in [5.74, 6) is 0. The summed E-state index contributed by atoms with van der Waals surface area (Å²) in [5.41, 5.74) is 22.4. The molecule has 4 aliphatic rings. The van der Waals surface area contributed by atoms with E-state index in [1.165, 1.54) is 123 Å². The molecule has 3 nitrogen and oxygen atoms in total. The fourth-order valence-corrected chi connectivity index (χ4v) is 15.2. The van der Waals surface area contributed by atoms with Crippen LogP contribution in [0.15, 0.2) is 158 Å². The van der Waals surface area contributed by atoms with Gasteiger partial charge in [-0.05, 0) is 192 Å². The number of fused-ring (bicyclic) bond motifs is 9. The molecule has 0 saturated heterocycles. The molecule has 8 aromatic carbocycles. The fourth-order valence-electron chi connectivity index (χ4n) is 13.8. The van der Waals surface area contributed by atoms with Crippen LogP contribution in [0.4, 0.5) is 51.2 Å². The summed E-state index contributed by atoms with van der Waals surface area (Å²) in [7, 11) is 0. The third kappa shape index (κ3) is 7.94. The Bertz CT molecular complexity index is 3860. The van der Waals surface area contributed by atoms with Crippen molar-refractivity contribution in [1.82, 2.24) is 0 Å². The van der Waals surface area contributed by atoms with Gasteiger partial charge in [-0.25, -0.2) is 0 Å². The number of hydrogen-bond acceptors (Lipinski definition) is 4. The van der Waals surface area contributed by atoms with Gasteiger partial charge in [-0.2, -0.15) is 0 Å². The molecule has 0 saturated carbocycles. The van der Waals surface area contributed by atoms with Gasteiger partial charge in [0.15, 0.2) is 0 Å². The van der Waals surface area contributed by atoms with E-state index in [1.54, 1.807) is 0 Å². The van der Waals surface area contributed by atoms with Crippen molar-refractivity contribution in [2.45, 2.75) is 155 Å². The third-order valence-corrected chi connectivity index (χ3v) is 20.0. The molecule has 0 bridgehead atoms. The highest BCUT2D eigenvalue weighted by atomic mass is 32.1. The molecule has 3 heterocycles. The van der Waals surface area contributed by atoms with Crippen molar-refractivity contribution >= 4 is 106 Å². The van der Waals surface area contributed by atoms with Crippen molar-refractivity contribution in [3.63, 3.8) is 0 Å². The molecule has 13 rings (SSSR count). The average molecular weight is 1030 g/mol. The number of hydrogen-bond donors (Lipinski definition) is 0. The molecular weight excluding hydrogens is 950 g/mol. The minimum absolute atomic E-state index is 0.0144. The molecule has 1 aromatic heterocycles. The predicted molar refractivity (Wildman–Crippen MR) is 336 cm³/mol. The van der Waals surface area contributed by atoms with Crippen molar-refractivity contribution in [2.24, 2.45) is 0 Å². The quantitative estimate of drug-likeness (QED) is 0.159. The Kier molecular flexibility index (Phi) is 11.0. The number of thiophene rings is 1. The van der Waals surface area contributed by atoms with Gasteiger partial charge in [0.2, 0.25) is 0 Å². The monoisotopic (exact) mass is 1030 g/mol. The molecule has 0 fully saturated rings. The van der Waals surface area contributed by atoms with E-state index < -0.39 is 0 Å². The first-order valence-corrected chi connectivity index (χ1v) is 29.4. The summed E-state index contributed by atoms with van der Waals surface area (Å²) in [6.07, 6.45) is 4.68. The second kappa shape index (κ2) is 17.0. The van der Waals surface area contributed by atoms with Crippen LogP contribution in [0.5, 0.6) is 0 Å². The Balaban J connectivity index is 1.19. The minimum atomic E-state index is -0.0547. The molecule has 2 aliphatic carbocycles. The van der Waals surface area contributed by atoms with Gasteiger partial charge >= 0.3 is 0 Å². The van der Waals surface area contributed by atoms with Gasteiger partial charge in [0.25, 0.3) is 6.71 Å². The highest BCUT2D eigenvalue weighted by Gasteiger charge is 2.48. The van der Waals surface area contributed by atoms with E-state index in [-0.39, 0.29) is 39.2 Å². The van der Waals surface area contributed by atoms with Gasteiger partial charge in [0, 0.05) is 54.7 Å². The SMILES string of the molecule is CC(C)(C)c1ccc(N2c3ccc(C(C)(C)C)cc3B3c4sc5cc6c(cc5c4N(c4ccc5c(c4)C(C)(C)CCC5(C)C)c4cc(N(c5ccccc5)c5ccc7ccccc7c5)cc2c43)C(C)(C)CCC6(C)C)cc1. The largest absolute Gasteiger partial charge is 0.311 e. The van der Waals surface area contributed by atoms with Gasteiger partial charge in [-0.3, -0.25) is 0 Å². The molecule has 0 amide bonds. The van der Waals surface area contributed by atoms with E-state index in [4.69, 9.17) is 0 Å². The summed E-state index contributed by atoms with van der Waals surface area (Å²) in [5, 5.41) is 3.83. The van der Waals surface area contributed by atoms with Crippen LogP contribution in [0, 0.1) is 0 Å². The first-order valence-electron chi connectivity index (χ1n) is 28.5. The molecule has 388 valence electrons. The lowest BCUT2D eigenvalue weighted by Crippen LogP contribution is -2.60. The topological polar surface area (TPSA) is 9.72 Å². The van der Waals surface area contributed by atoms with E-state index in [1.807, 2.05) is 0 Å². The molecule has 2 aliphatic heterocycles. The summed E-state index contributed by atoms with van der Waals surface area (Å²) >= 11 is 2.05. The first-order chi connectivity index (χ1) is 36.4. The number of benzene rings is 8. The molecule has 0 spiro atoms. The minimum Gasteiger partial charge on any atom is -0.311 e. The molecule has 0 atom stereocenters. The molecule has 0 radical (unpaired) electrons. The number of anilines is 9. The average Bonchev–Trinajstić information content (AvgIpc) is 3.98. The Morgan fingerprint density at radius 1 is 0.442 bits per heavy atom. The maximum Gasteiger partial charge on any atom is 0.264 e. The first kappa shape index (κ1) is 50.0. The molecular formula is C72H76BN3S. The highest BCUT2D eigenvalue weighted by molar-refractivity contribution is 7.33. The zero-order valence-electron chi connectivity index (χ0n) is 48.2. The number of para-hydroxylation sites is 1. The zero-order chi connectivity index (χ0) is 53.9. The van der Waals surface area contributed by atoms with E-state index in [2.05, 4.69) is 281 Å². The maximum atomic E-state index is 2.75. The van der Waals surface area contributed by atoms with Crippen LogP contribution in [-0.4, -0.2) is 6.71 Å². The standard InChI is InChI=1S/C72H76BN3S/c1-67(2,3)47-25-29-50(30-26-47)75-60-33-27-48(68(4,5)6)39-59(60)73-64-61(75)41-53(74(49-22-16-15-17-23-49)51-28-24-45-20-18-19-21-46(45)38-51)42-62(64)76(52-31-32-55-56(40-52)70(9,10)35-34-69(55,7)8)65-54-43-57-58(44-63(54)77-66(65)73)72(13,14)37-36-71(57,11)12/h15-33,38-44H,34-37H2,1-14H3. The lowest BCUT2D eigenvalue weighted by atomic mass is 9.36. The number of rotatable bonds is 5. The second-order valence-corrected chi connectivity index (χ2v) is 29.1. The van der Waals surface area contributed by atoms with E-state index in [9.17, 15) is 0 Å².